The van der Waals surface area contributed by atoms with Crippen molar-refractivity contribution in [3.8, 4) is 5.75 Å². The Hall–Kier alpha value is -3.98. The molecule has 15 heteroatoms. The first-order chi connectivity index (χ1) is 23.8. The number of fused-ring (bicyclic) bond motifs is 1. The van der Waals surface area contributed by atoms with Crippen LogP contribution < -0.4 is 10.8 Å². The number of phenols is 1. The van der Waals surface area contributed by atoms with Crippen molar-refractivity contribution in [1.82, 2.24) is 19.6 Å². The van der Waals surface area contributed by atoms with Gasteiger partial charge in [0.15, 0.2) is 11.7 Å². The Morgan fingerprint density at radius 1 is 0.940 bits per heavy atom. The highest BCUT2D eigenvalue weighted by atomic mass is 19.4. The molecule has 0 spiro atoms. The smallest absolute Gasteiger partial charge is 0.417 e. The van der Waals surface area contributed by atoms with Crippen LogP contribution in [0.15, 0.2) is 42.5 Å². The maximum atomic E-state index is 13.9. The number of aromatic hydroxyl groups is 1. The van der Waals surface area contributed by atoms with Gasteiger partial charge in [0.1, 0.15) is 13.6 Å². The number of amides is 4. The molecule has 0 aromatic heterocycles. The minimum Gasteiger partial charge on any atom is -0.509 e. The molecule has 2 aromatic carbocycles. The van der Waals surface area contributed by atoms with E-state index in [4.69, 9.17) is 4.74 Å². The van der Waals surface area contributed by atoms with E-state index in [1.165, 1.54) is 0 Å². The summed E-state index contributed by atoms with van der Waals surface area (Å²) in [6.07, 6.45) is -4.06. The number of carbonyl (C=O) groups is 3. The van der Waals surface area contributed by atoms with Crippen LogP contribution in [0.2, 0.25) is 0 Å². The van der Waals surface area contributed by atoms with Gasteiger partial charge in [-0.3, -0.25) is 4.79 Å². The Morgan fingerprint density at radius 3 is 2.24 bits per heavy atom. The van der Waals surface area contributed by atoms with Gasteiger partial charge in [0.2, 0.25) is 0 Å². The average Bonchev–Trinajstić information content (AvgIpc) is 3.27. The summed E-state index contributed by atoms with van der Waals surface area (Å²) in [6.45, 7) is 2.28. The Labute approximate surface area is 290 Å². The Morgan fingerprint density at radius 2 is 1.58 bits per heavy atom. The van der Waals surface area contributed by atoms with Crippen LogP contribution in [-0.2, 0) is 22.4 Å². The molecule has 1 atom stereocenters. The summed E-state index contributed by atoms with van der Waals surface area (Å²) >= 11 is 0. The monoisotopic (exact) mass is 699 g/mol. The van der Waals surface area contributed by atoms with Crippen LogP contribution in [-0.4, -0.2) is 131 Å². The van der Waals surface area contributed by atoms with E-state index >= 15 is 0 Å². The minimum absolute atomic E-state index is 0.0145. The van der Waals surface area contributed by atoms with Crippen LogP contribution in [0.1, 0.15) is 49.7 Å². The van der Waals surface area contributed by atoms with Gasteiger partial charge < -0.3 is 39.9 Å². The number of halogens is 3. The number of nitrogens with one attached hydrogen (secondary N) is 1. The lowest BCUT2D eigenvalue weighted by atomic mass is 9.88. The van der Waals surface area contributed by atoms with Gasteiger partial charge in [0.25, 0.3) is 5.91 Å². The van der Waals surface area contributed by atoms with Gasteiger partial charge in [-0.15, -0.1) is 0 Å². The van der Waals surface area contributed by atoms with Gasteiger partial charge in [-0.25, -0.2) is 9.59 Å². The molecule has 4 heterocycles. The maximum Gasteiger partial charge on any atom is 0.417 e. The number of alkyl halides is 3. The van der Waals surface area contributed by atoms with Crippen molar-refractivity contribution in [3.63, 3.8) is 0 Å². The van der Waals surface area contributed by atoms with Gasteiger partial charge in [-0.05, 0) is 73.7 Å². The van der Waals surface area contributed by atoms with Crippen molar-refractivity contribution in [2.75, 3.05) is 51.1 Å². The van der Waals surface area contributed by atoms with E-state index in [0.717, 1.165) is 23.2 Å². The molecule has 0 bridgehead atoms. The van der Waals surface area contributed by atoms with Crippen LogP contribution in [0.25, 0.3) is 0 Å². The number of hydrogen-bond donors (Lipinski definition) is 3. The topological polar surface area (TPSA) is 126 Å². The molecule has 0 saturated carbocycles. The van der Waals surface area contributed by atoms with Crippen molar-refractivity contribution in [2.24, 2.45) is 0 Å². The van der Waals surface area contributed by atoms with E-state index in [9.17, 15) is 37.8 Å². The summed E-state index contributed by atoms with van der Waals surface area (Å²) < 4.78 is 45.8. The molecule has 4 aliphatic heterocycles. The first-order valence-corrected chi connectivity index (χ1v) is 17.5. The van der Waals surface area contributed by atoms with Crippen molar-refractivity contribution in [1.29, 1.82) is 0 Å². The highest BCUT2D eigenvalue weighted by Gasteiger charge is 2.55. The molecular formula is C35H45BF3N5O6. The second-order valence-corrected chi connectivity index (χ2v) is 14.1. The maximum absolute atomic E-state index is 13.9. The summed E-state index contributed by atoms with van der Waals surface area (Å²) in [5.74, 6) is -0.227. The van der Waals surface area contributed by atoms with Crippen LogP contribution in [0, 0.1) is 0 Å². The van der Waals surface area contributed by atoms with E-state index in [2.05, 4.69) is 5.32 Å². The number of ether oxygens (including phenoxy) is 1. The molecule has 6 rings (SSSR count). The molecule has 3 saturated heterocycles. The number of anilines is 1. The Balaban J connectivity index is 1.06. The third kappa shape index (κ3) is 7.83. The lowest BCUT2D eigenvalue weighted by molar-refractivity contribution is -0.273. The Kier molecular flexibility index (Phi) is 10.5. The number of hydrogen-bond acceptors (Lipinski definition) is 7. The van der Waals surface area contributed by atoms with Crippen LogP contribution in [0.5, 0.6) is 5.75 Å². The number of carbonyl (C=O) groups excluding carboxylic acids is 3. The van der Waals surface area contributed by atoms with E-state index in [1.54, 1.807) is 35.8 Å². The van der Waals surface area contributed by atoms with Crippen LogP contribution in [0.4, 0.5) is 28.4 Å². The lowest BCUT2D eigenvalue weighted by Gasteiger charge is -2.45. The third-order valence-corrected chi connectivity index (χ3v) is 11.0. The number of phenolic OH excluding ortho intramolecular Hbond substituents is 1. The standard InChI is InChI=1S/C35H45BF3N5O6/c36-27-21-23(5-6-29(27)45)22-30(31(46)42-14-8-25(9-15-42)41-19-12-34(49,13-20-41)35(37,38)39)50-33(48)43-16-10-26(11-17-43)44-18-7-24-3-1-2-4-28(24)40-32(44)47/h1-6,21,25-26,30,45,49H,7-20,22,36H2,(H,40,47)/t30-/m1/s1. The SMILES string of the molecule is Bc1cc(C[C@@H](OC(=O)N2CCC(N3CCc4ccccc4NC3=O)CC2)C(=O)N2CCC(N3CCC(O)(C(F)(F)F)CC3)CC2)ccc1O. The second-order valence-electron chi connectivity index (χ2n) is 14.1. The van der Waals surface area contributed by atoms with Crippen molar-refractivity contribution < 1.29 is 42.5 Å². The summed E-state index contributed by atoms with van der Waals surface area (Å²) in [4.78, 5) is 47.6. The molecule has 2 aromatic rings. The highest BCUT2D eigenvalue weighted by Crippen LogP contribution is 2.39. The van der Waals surface area contributed by atoms with Crippen molar-refractivity contribution in [2.45, 2.75) is 81.3 Å². The van der Waals surface area contributed by atoms with E-state index in [-0.39, 0.29) is 62.1 Å². The molecule has 50 heavy (non-hydrogen) atoms. The van der Waals surface area contributed by atoms with Gasteiger partial charge in [-0.2, -0.15) is 13.2 Å². The van der Waals surface area contributed by atoms with E-state index < -0.39 is 24.0 Å². The normalized spacial score (nSPS) is 21.6. The highest BCUT2D eigenvalue weighted by molar-refractivity contribution is 6.34. The number of para-hydroxylation sites is 1. The molecule has 0 radical (unpaired) electrons. The van der Waals surface area contributed by atoms with Crippen molar-refractivity contribution in [3.05, 3.63) is 53.6 Å². The predicted molar refractivity (Wildman–Crippen MR) is 182 cm³/mol. The fraction of sp³-hybridized carbons (Fsp3) is 0.571. The fourth-order valence-electron chi connectivity index (χ4n) is 7.73. The number of rotatable bonds is 6. The largest absolute Gasteiger partial charge is 0.509 e. The summed E-state index contributed by atoms with van der Waals surface area (Å²) in [5, 5.41) is 23.1. The molecule has 3 fully saturated rings. The number of likely N-dealkylation sites (tertiary alicyclic amines) is 3. The van der Waals surface area contributed by atoms with E-state index in [0.29, 0.717) is 63.9 Å². The zero-order valence-corrected chi connectivity index (χ0v) is 28.3. The van der Waals surface area contributed by atoms with Gasteiger partial charge in [-0.1, -0.05) is 30.3 Å². The number of nitrogens with zero attached hydrogens (tertiary/aromatic N) is 4. The second kappa shape index (κ2) is 14.7. The summed E-state index contributed by atoms with van der Waals surface area (Å²) in [6, 6.07) is 12.5. The molecular weight excluding hydrogens is 654 g/mol. The van der Waals surface area contributed by atoms with Crippen LogP contribution >= 0.6 is 0 Å². The first kappa shape index (κ1) is 35.8. The fourth-order valence-corrected chi connectivity index (χ4v) is 7.73. The molecule has 3 N–H and O–H groups in total. The van der Waals surface area contributed by atoms with Gasteiger partial charge in [0.05, 0.1) is 0 Å². The minimum atomic E-state index is -4.66. The average molecular weight is 700 g/mol. The third-order valence-electron chi connectivity index (χ3n) is 11.0. The molecule has 0 unspecified atom stereocenters. The zero-order chi connectivity index (χ0) is 35.6. The predicted octanol–water partition coefficient (Wildman–Crippen LogP) is 2.63. The van der Waals surface area contributed by atoms with Gasteiger partial charge >= 0.3 is 18.3 Å². The molecule has 270 valence electrons. The quantitative estimate of drug-likeness (QED) is 0.396. The molecule has 4 aliphatic rings. The first-order valence-electron chi connectivity index (χ1n) is 17.5. The number of benzene rings is 2. The molecule has 0 aliphatic carbocycles. The number of urea groups is 1. The number of aliphatic hydroxyl groups is 1. The Bertz CT molecular complexity index is 1560. The summed E-state index contributed by atoms with van der Waals surface area (Å²) in [5.41, 5.74) is 0.585. The van der Waals surface area contributed by atoms with Gasteiger partial charge in [0, 0.05) is 70.0 Å². The lowest BCUT2D eigenvalue weighted by Crippen LogP contribution is -2.57. The van der Waals surface area contributed by atoms with Crippen LogP contribution in [0.3, 0.4) is 0 Å². The molecule has 11 nitrogen and oxygen atoms in total. The molecule has 4 amide bonds. The zero-order valence-electron chi connectivity index (χ0n) is 28.3. The van der Waals surface area contributed by atoms with Crippen molar-refractivity contribution >= 4 is 37.0 Å². The number of piperidine rings is 3. The van der Waals surface area contributed by atoms with E-state index in [1.807, 2.05) is 34.1 Å². The summed E-state index contributed by atoms with van der Waals surface area (Å²) in [7, 11) is 1.75.